The maximum atomic E-state index is 10.3. The van der Waals surface area contributed by atoms with E-state index in [2.05, 4.69) is 0 Å². The number of hydrogen-bond acceptors (Lipinski definition) is 9. The molecule has 0 bridgehead atoms. The fourth-order valence-corrected chi connectivity index (χ4v) is 1.42. The van der Waals surface area contributed by atoms with E-state index in [0.29, 0.717) is 0 Å². The molecule has 158 valence electrons. The van der Waals surface area contributed by atoms with Crippen molar-refractivity contribution < 1.29 is 92.0 Å². The number of rotatable bonds is 10. The van der Waals surface area contributed by atoms with Crippen molar-refractivity contribution in [3.63, 3.8) is 0 Å². The molecule has 14 nitrogen and oxygen atoms in total. The zero-order valence-corrected chi connectivity index (χ0v) is 14.6. The minimum atomic E-state index is -2.80. The fourth-order valence-electron chi connectivity index (χ4n) is 1.42. The Morgan fingerprint density at radius 1 is 0.593 bits per heavy atom. The number of aliphatic carboxylic acids is 6. The summed E-state index contributed by atoms with van der Waals surface area (Å²) in [5.41, 5.74) is -5.54. The van der Waals surface area contributed by atoms with E-state index in [1.54, 1.807) is 0 Å². The van der Waals surface area contributed by atoms with Crippen molar-refractivity contribution >= 4 is 35.8 Å². The topological polar surface area (TPSA) is 267 Å². The van der Waals surface area contributed by atoms with E-state index < -0.39 is 72.7 Å². The van der Waals surface area contributed by atoms with Crippen molar-refractivity contribution in [3.8, 4) is 0 Å². The zero-order chi connectivity index (χ0) is 21.3. The Balaban J connectivity index is -0.000000411. The molecule has 0 aromatic rings. The van der Waals surface area contributed by atoms with E-state index in [-0.39, 0.29) is 22.4 Å². The fraction of sp³-hybridized carbons (Fsp3) is 0.500. The van der Waals surface area contributed by atoms with Crippen LogP contribution in [0.25, 0.3) is 0 Å². The first-order chi connectivity index (χ1) is 11.6. The van der Waals surface area contributed by atoms with Crippen molar-refractivity contribution in [2.24, 2.45) is 0 Å². The van der Waals surface area contributed by atoms with E-state index in [4.69, 9.17) is 35.7 Å². The van der Waals surface area contributed by atoms with Gasteiger partial charge in [-0.25, -0.2) is 9.59 Å². The van der Waals surface area contributed by atoms with Gasteiger partial charge in [-0.05, 0) is 0 Å². The van der Waals surface area contributed by atoms with Crippen LogP contribution in [0.5, 0.6) is 0 Å². The van der Waals surface area contributed by atoms with Crippen LogP contribution in [0, 0.1) is 0 Å². The second-order valence-corrected chi connectivity index (χ2v) is 4.93. The van der Waals surface area contributed by atoms with Crippen LogP contribution >= 0.6 is 0 Å². The average molecular weight is 491 g/mol. The second-order valence-electron chi connectivity index (χ2n) is 4.93. The Labute approximate surface area is 165 Å². The summed E-state index contributed by atoms with van der Waals surface area (Å²) in [5, 5.41) is 69.3. The van der Waals surface area contributed by atoms with E-state index >= 15 is 0 Å². The molecular weight excluding hydrogens is 476 g/mol. The summed E-state index contributed by atoms with van der Waals surface area (Å²) >= 11 is 0. The first kappa shape index (κ1) is 29.3. The molecule has 0 fully saturated rings. The molecule has 0 heterocycles. The molecular formula is C12H15AgO14. The number of hydrogen-bond donors (Lipinski definition) is 7. The number of carbonyl (C=O) groups is 6. The first-order valence-corrected chi connectivity index (χ1v) is 6.32. The number of carbonyl (C=O) groups excluding carboxylic acids is 1. The third-order valence-corrected chi connectivity index (χ3v) is 2.56. The summed E-state index contributed by atoms with van der Waals surface area (Å²) in [4.78, 5) is 60.8. The predicted octanol–water partition coefficient (Wildman–Crippen LogP) is -3.83. The molecule has 27 heavy (non-hydrogen) atoms. The number of carboxylic acids is 6. The van der Waals surface area contributed by atoms with Crippen molar-refractivity contribution in [1.29, 1.82) is 0 Å². The van der Waals surface area contributed by atoms with Crippen LogP contribution in [0.15, 0.2) is 0 Å². The molecule has 1 unspecified atom stereocenters. The smallest absolute Gasteiger partial charge is 0.550 e. The van der Waals surface area contributed by atoms with Crippen molar-refractivity contribution in [2.45, 2.75) is 36.9 Å². The Bertz CT molecular complexity index is 513. The van der Waals surface area contributed by atoms with Gasteiger partial charge in [0.1, 0.15) is 0 Å². The SMILES string of the molecule is O=C(O)CC(O)(CC(=O)O)C(=O)O.O=C([O-])CC(O)(CC(=O)O)C(=O)O.[Ag+]. The van der Waals surface area contributed by atoms with Gasteiger partial charge >= 0.3 is 52.2 Å². The van der Waals surface area contributed by atoms with Crippen molar-refractivity contribution in [2.75, 3.05) is 0 Å². The van der Waals surface area contributed by atoms with Gasteiger partial charge in [0.25, 0.3) is 0 Å². The van der Waals surface area contributed by atoms with E-state index in [1.807, 2.05) is 0 Å². The Kier molecular flexibility index (Phi) is 13.0. The van der Waals surface area contributed by atoms with Gasteiger partial charge in [-0.1, -0.05) is 0 Å². The predicted molar refractivity (Wildman–Crippen MR) is 71.6 cm³/mol. The van der Waals surface area contributed by atoms with Crippen LogP contribution in [-0.4, -0.2) is 82.8 Å². The third-order valence-electron chi connectivity index (χ3n) is 2.56. The molecule has 0 rings (SSSR count). The first-order valence-electron chi connectivity index (χ1n) is 6.32. The van der Waals surface area contributed by atoms with Crippen LogP contribution in [0.2, 0.25) is 0 Å². The molecule has 0 saturated carbocycles. The standard InChI is InChI=1S/2C6H8O7.Ag/c2*7-3(8)1-6(13,5(11)12)2-4(9)10;/h2*13H,1-2H2,(H,7,8)(H,9,10)(H,11,12);/q;;+1/p-1. The largest absolute Gasteiger partial charge is 1.00 e. The quantitative estimate of drug-likeness (QED) is 0.144. The zero-order valence-electron chi connectivity index (χ0n) is 13.1. The summed E-state index contributed by atoms with van der Waals surface area (Å²) in [7, 11) is 0. The van der Waals surface area contributed by atoms with Crippen LogP contribution in [0.3, 0.4) is 0 Å². The van der Waals surface area contributed by atoms with Gasteiger partial charge in [0.2, 0.25) is 0 Å². The molecule has 0 amide bonds. The average Bonchev–Trinajstić information content (AvgIpc) is 2.34. The minimum Gasteiger partial charge on any atom is -0.550 e. The maximum absolute atomic E-state index is 10.3. The summed E-state index contributed by atoms with van der Waals surface area (Å²) in [6, 6.07) is 0. The number of aliphatic hydroxyl groups is 2. The van der Waals surface area contributed by atoms with Crippen molar-refractivity contribution in [3.05, 3.63) is 0 Å². The Morgan fingerprint density at radius 3 is 0.963 bits per heavy atom. The Hall–Kier alpha value is -2.52. The monoisotopic (exact) mass is 490 g/mol. The Morgan fingerprint density at radius 2 is 0.815 bits per heavy atom. The maximum Gasteiger partial charge on any atom is 1.00 e. The summed E-state index contributed by atoms with van der Waals surface area (Å²) in [5.74, 6) is -10.4. The van der Waals surface area contributed by atoms with Gasteiger partial charge in [-0.2, -0.15) is 0 Å². The van der Waals surface area contributed by atoms with Gasteiger partial charge < -0.3 is 45.6 Å². The van der Waals surface area contributed by atoms with Gasteiger partial charge in [0.05, 0.1) is 19.3 Å². The van der Waals surface area contributed by atoms with Crippen LogP contribution in [-0.2, 0) is 51.1 Å². The molecule has 1 atom stereocenters. The van der Waals surface area contributed by atoms with E-state index in [9.17, 15) is 33.9 Å². The summed E-state index contributed by atoms with van der Waals surface area (Å²) in [6.45, 7) is 0. The molecule has 0 aliphatic rings. The molecule has 0 aliphatic carbocycles. The van der Waals surface area contributed by atoms with Crippen molar-refractivity contribution in [1.82, 2.24) is 0 Å². The van der Waals surface area contributed by atoms with Gasteiger partial charge in [-0.15, -0.1) is 0 Å². The summed E-state index contributed by atoms with van der Waals surface area (Å²) < 4.78 is 0. The third kappa shape index (κ3) is 12.5. The van der Waals surface area contributed by atoms with Crippen LogP contribution in [0.4, 0.5) is 0 Å². The molecule has 0 aromatic heterocycles. The van der Waals surface area contributed by atoms with Crippen LogP contribution < -0.4 is 5.11 Å². The molecule has 0 radical (unpaired) electrons. The molecule has 7 N–H and O–H groups in total. The molecule has 15 heteroatoms. The normalized spacial score (nSPS) is 12.2. The molecule has 0 aliphatic heterocycles. The minimum absolute atomic E-state index is 0. The van der Waals surface area contributed by atoms with E-state index in [0.717, 1.165) is 0 Å². The van der Waals surface area contributed by atoms with Gasteiger partial charge in [0, 0.05) is 12.4 Å². The molecule has 0 saturated heterocycles. The van der Waals surface area contributed by atoms with Gasteiger partial charge in [-0.3, -0.25) is 14.4 Å². The number of carboxylic acid groups (broad SMARTS) is 6. The molecule has 0 spiro atoms. The summed E-state index contributed by atoms with van der Waals surface area (Å²) in [6.07, 6.45) is -4.73. The van der Waals surface area contributed by atoms with E-state index in [1.165, 1.54) is 0 Å². The second kappa shape index (κ2) is 12.0. The van der Waals surface area contributed by atoms with Crippen LogP contribution in [0.1, 0.15) is 25.7 Å². The molecule has 0 aromatic carbocycles. The van der Waals surface area contributed by atoms with Gasteiger partial charge in [0.15, 0.2) is 11.2 Å².